The van der Waals surface area contributed by atoms with E-state index in [-0.39, 0.29) is 34.8 Å². The van der Waals surface area contributed by atoms with E-state index >= 15 is 0 Å². The summed E-state index contributed by atoms with van der Waals surface area (Å²) in [5.41, 5.74) is 0.591. The zero-order chi connectivity index (χ0) is 24.0. The standard InChI is InChI=1S/C21H17F3N2O5S2/c22-15-3-1-2-13(9-15)8-14-11-32(27,28)12-17-19(6-7-33(29,30)31)25-26(21(14)17)20-5-4-16(23)10-18(20)24/h1-7,9-10,14H,8,11-12H2,(H,29,30,31)/b7-6+. The Morgan fingerprint density at radius 1 is 1.12 bits per heavy atom. The van der Waals surface area contributed by atoms with Crippen molar-refractivity contribution in [1.29, 1.82) is 0 Å². The first-order valence-corrected chi connectivity index (χ1v) is 12.9. The third-order valence-corrected chi connectivity index (χ3v) is 7.29. The van der Waals surface area contributed by atoms with Crippen molar-refractivity contribution in [3.63, 3.8) is 0 Å². The van der Waals surface area contributed by atoms with Crippen LogP contribution in [0.4, 0.5) is 13.2 Å². The summed E-state index contributed by atoms with van der Waals surface area (Å²) in [6, 6.07) is 8.33. The van der Waals surface area contributed by atoms with Crippen LogP contribution >= 0.6 is 0 Å². The molecule has 1 N–H and O–H groups in total. The van der Waals surface area contributed by atoms with E-state index in [2.05, 4.69) is 5.10 Å². The van der Waals surface area contributed by atoms with Crippen molar-refractivity contribution >= 4 is 26.0 Å². The molecule has 0 aliphatic carbocycles. The number of halogens is 3. The average Bonchev–Trinajstić information content (AvgIpc) is 3.03. The van der Waals surface area contributed by atoms with Gasteiger partial charge in [0.25, 0.3) is 10.1 Å². The summed E-state index contributed by atoms with van der Waals surface area (Å²) < 4.78 is 99.7. The van der Waals surface area contributed by atoms with Gasteiger partial charge in [-0.05, 0) is 42.3 Å². The lowest BCUT2D eigenvalue weighted by Crippen LogP contribution is -2.27. The number of rotatable bonds is 5. The predicted octanol–water partition coefficient (Wildman–Crippen LogP) is 3.40. The Bertz CT molecular complexity index is 1480. The molecule has 0 fully saturated rings. The molecule has 4 rings (SSSR count). The molecule has 0 saturated carbocycles. The lowest BCUT2D eigenvalue weighted by Gasteiger charge is -2.25. The summed E-state index contributed by atoms with van der Waals surface area (Å²) in [6.45, 7) is 0. The van der Waals surface area contributed by atoms with Crippen LogP contribution in [0.15, 0.2) is 47.9 Å². The van der Waals surface area contributed by atoms with E-state index in [1.165, 1.54) is 18.2 Å². The van der Waals surface area contributed by atoms with Crippen LogP contribution in [0.1, 0.15) is 28.4 Å². The quantitative estimate of drug-likeness (QED) is 0.541. The number of nitrogens with zero attached hydrogens (tertiary/aromatic N) is 2. The van der Waals surface area contributed by atoms with Gasteiger partial charge in [0.1, 0.15) is 17.3 Å². The summed E-state index contributed by atoms with van der Waals surface area (Å²) in [7, 11) is -8.24. The van der Waals surface area contributed by atoms with Gasteiger partial charge in [-0.15, -0.1) is 0 Å². The molecule has 1 aromatic heterocycles. The SMILES string of the molecule is O=S(=O)(O)/C=C/c1nn(-c2ccc(F)cc2F)c2c1CS(=O)(=O)CC2Cc1cccc(F)c1. The largest absolute Gasteiger partial charge is 0.287 e. The molecule has 3 aromatic rings. The Hall–Kier alpha value is -2.96. The van der Waals surface area contributed by atoms with Crippen molar-refractivity contribution in [2.45, 2.75) is 18.1 Å². The minimum Gasteiger partial charge on any atom is -0.282 e. The topological polar surface area (TPSA) is 106 Å². The molecule has 7 nitrogen and oxygen atoms in total. The van der Waals surface area contributed by atoms with E-state index in [1.807, 2.05) is 0 Å². The molecule has 1 atom stereocenters. The number of benzene rings is 2. The second kappa shape index (κ2) is 8.43. The lowest BCUT2D eigenvalue weighted by atomic mass is 9.94. The van der Waals surface area contributed by atoms with Gasteiger partial charge in [-0.25, -0.2) is 26.3 Å². The van der Waals surface area contributed by atoms with Gasteiger partial charge in [-0.2, -0.15) is 13.5 Å². The Kier molecular flexibility index (Phi) is 5.93. The Morgan fingerprint density at radius 3 is 2.52 bits per heavy atom. The molecular weight excluding hydrogens is 481 g/mol. The zero-order valence-electron chi connectivity index (χ0n) is 16.8. The molecule has 0 bridgehead atoms. The number of sulfone groups is 1. The fourth-order valence-electron chi connectivity index (χ4n) is 3.94. The second-order valence-corrected chi connectivity index (χ2v) is 11.1. The Balaban J connectivity index is 1.94. The fourth-order valence-corrected chi connectivity index (χ4v) is 5.98. The highest BCUT2D eigenvalue weighted by Gasteiger charge is 2.36. The molecule has 174 valence electrons. The van der Waals surface area contributed by atoms with Gasteiger partial charge in [-0.3, -0.25) is 4.55 Å². The molecule has 2 heterocycles. The lowest BCUT2D eigenvalue weighted by molar-refractivity contribution is 0.494. The Morgan fingerprint density at radius 2 is 1.85 bits per heavy atom. The molecule has 1 unspecified atom stereocenters. The first-order valence-electron chi connectivity index (χ1n) is 9.59. The van der Waals surface area contributed by atoms with Crippen LogP contribution in [-0.4, -0.2) is 36.9 Å². The maximum absolute atomic E-state index is 14.6. The molecule has 33 heavy (non-hydrogen) atoms. The van der Waals surface area contributed by atoms with Crippen molar-refractivity contribution in [3.8, 4) is 5.69 Å². The molecule has 0 radical (unpaired) electrons. The third kappa shape index (κ3) is 5.18. The number of hydrogen-bond acceptors (Lipinski definition) is 5. The first kappa shape index (κ1) is 23.2. The van der Waals surface area contributed by atoms with Crippen LogP contribution in [0.25, 0.3) is 11.8 Å². The van der Waals surface area contributed by atoms with Gasteiger partial charge in [0.15, 0.2) is 15.7 Å². The van der Waals surface area contributed by atoms with E-state index < -0.39 is 49.1 Å². The van der Waals surface area contributed by atoms with Crippen molar-refractivity contribution in [1.82, 2.24) is 9.78 Å². The highest BCUT2D eigenvalue weighted by Crippen LogP contribution is 2.37. The molecule has 12 heteroatoms. The van der Waals surface area contributed by atoms with Crippen molar-refractivity contribution < 1.29 is 34.6 Å². The van der Waals surface area contributed by atoms with E-state index in [9.17, 15) is 30.0 Å². The molecule has 0 amide bonds. The van der Waals surface area contributed by atoms with Crippen LogP contribution in [0.2, 0.25) is 0 Å². The maximum Gasteiger partial charge on any atom is 0.287 e. The van der Waals surface area contributed by atoms with E-state index in [4.69, 9.17) is 4.55 Å². The van der Waals surface area contributed by atoms with Gasteiger partial charge in [0.05, 0.1) is 28.3 Å². The van der Waals surface area contributed by atoms with Crippen LogP contribution in [0.3, 0.4) is 0 Å². The van der Waals surface area contributed by atoms with Gasteiger partial charge >= 0.3 is 0 Å². The zero-order valence-corrected chi connectivity index (χ0v) is 18.5. The van der Waals surface area contributed by atoms with E-state index in [0.717, 1.165) is 22.9 Å². The average molecular weight is 499 g/mol. The van der Waals surface area contributed by atoms with Crippen LogP contribution < -0.4 is 0 Å². The molecule has 2 aromatic carbocycles. The molecular formula is C21H17F3N2O5S2. The summed E-state index contributed by atoms with van der Waals surface area (Å²) in [5, 5.41) is 4.62. The second-order valence-electron chi connectivity index (χ2n) is 7.66. The minimum absolute atomic E-state index is 0.0694. The summed E-state index contributed by atoms with van der Waals surface area (Å²) in [6.07, 6.45) is 0.978. The first-order chi connectivity index (χ1) is 15.4. The van der Waals surface area contributed by atoms with Crippen LogP contribution in [0, 0.1) is 17.5 Å². The minimum atomic E-state index is -4.56. The third-order valence-electron chi connectivity index (χ3n) is 5.17. The van der Waals surface area contributed by atoms with E-state index in [1.54, 1.807) is 6.07 Å². The summed E-state index contributed by atoms with van der Waals surface area (Å²) in [5.74, 6) is -3.94. The number of aromatic nitrogens is 2. The van der Waals surface area contributed by atoms with Gasteiger partial charge in [-0.1, -0.05) is 12.1 Å². The van der Waals surface area contributed by atoms with Crippen LogP contribution in [-0.2, 0) is 32.1 Å². The van der Waals surface area contributed by atoms with E-state index in [0.29, 0.717) is 17.0 Å². The molecule has 0 saturated heterocycles. The van der Waals surface area contributed by atoms with Crippen molar-refractivity contribution in [3.05, 3.63) is 87.8 Å². The number of fused-ring (bicyclic) bond motifs is 1. The summed E-state index contributed by atoms with van der Waals surface area (Å²) >= 11 is 0. The smallest absolute Gasteiger partial charge is 0.282 e. The number of hydrogen-bond donors (Lipinski definition) is 1. The van der Waals surface area contributed by atoms with Gasteiger partial charge < -0.3 is 0 Å². The fraction of sp³-hybridized carbons (Fsp3) is 0.190. The Labute approximate surface area is 187 Å². The van der Waals surface area contributed by atoms with Crippen molar-refractivity contribution in [2.24, 2.45) is 0 Å². The predicted molar refractivity (Wildman–Crippen MR) is 114 cm³/mol. The molecule has 0 spiro atoms. The highest BCUT2D eigenvalue weighted by atomic mass is 32.2. The molecule has 1 aliphatic rings. The van der Waals surface area contributed by atoms with Gasteiger partial charge in [0, 0.05) is 17.5 Å². The van der Waals surface area contributed by atoms with Gasteiger partial charge in [0.2, 0.25) is 0 Å². The summed E-state index contributed by atoms with van der Waals surface area (Å²) in [4.78, 5) is 0. The normalized spacial score (nSPS) is 17.9. The molecule has 1 aliphatic heterocycles. The highest BCUT2D eigenvalue weighted by molar-refractivity contribution is 7.90. The van der Waals surface area contributed by atoms with Crippen molar-refractivity contribution in [2.75, 3.05) is 5.75 Å². The maximum atomic E-state index is 14.6. The monoisotopic (exact) mass is 498 g/mol. The van der Waals surface area contributed by atoms with Crippen LogP contribution in [0.5, 0.6) is 0 Å².